The number of benzene rings is 2. The van der Waals surface area contributed by atoms with Crippen LogP contribution in [0.15, 0.2) is 36.7 Å². The molecule has 2 heteroatoms. The number of hydrogen-bond donors (Lipinski definition) is 0. The first-order valence-corrected chi connectivity index (χ1v) is 9.77. The van der Waals surface area contributed by atoms with E-state index in [1.807, 2.05) is 12.4 Å². The van der Waals surface area contributed by atoms with Crippen molar-refractivity contribution in [2.45, 2.75) is 55.4 Å². The monoisotopic (exact) mass is 355 g/mol. The topological polar surface area (TPSA) is 12.9 Å². The molecule has 0 fully saturated rings. The largest absolute Gasteiger partial charge is 0.264 e. The molecule has 3 aromatic rings. The third-order valence-corrected chi connectivity index (χ3v) is 5.73. The summed E-state index contributed by atoms with van der Waals surface area (Å²) in [6.07, 6.45) is 4.01. The molecule has 0 aliphatic heterocycles. The Hall–Kier alpha value is -2.35. The molecule has 0 atom stereocenters. The predicted molar refractivity (Wildman–Crippen MR) is 120 cm³/mol. The SMILES string of the molecule is Cc1cc(C)c(B(c2c(C)cncc2C)c2c(C)cc(C)cc2C)c(C)c1. The van der Waals surface area contributed by atoms with Gasteiger partial charge in [0.15, 0.2) is 0 Å². The number of aryl methyl sites for hydroxylation is 8. The highest BCUT2D eigenvalue weighted by atomic mass is 14.6. The van der Waals surface area contributed by atoms with Crippen LogP contribution >= 0.6 is 0 Å². The standard InChI is InChI=1S/C25H30BN/c1-15-9-17(3)23(18(4)10-15)26(25-21(7)13-27-14-22(25)8)24-19(5)11-16(2)12-20(24)6/h9-14H,1-8H3. The molecule has 2 aromatic carbocycles. The maximum Gasteiger partial charge on any atom is 0.243 e. The number of pyridine rings is 1. The molecule has 0 unspecified atom stereocenters. The van der Waals surface area contributed by atoms with Crippen molar-refractivity contribution < 1.29 is 0 Å². The molecule has 0 amide bonds. The van der Waals surface area contributed by atoms with Crippen molar-refractivity contribution in [1.29, 1.82) is 0 Å². The quantitative estimate of drug-likeness (QED) is 0.646. The van der Waals surface area contributed by atoms with Gasteiger partial charge in [-0.1, -0.05) is 74.0 Å². The predicted octanol–water partition coefficient (Wildman–Crippen LogP) is 4.07. The summed E-state index contributed by atoms with van der Waals surface area (Å²) < 4.78 is 0. The zero-order valence-electron chi connectivity index (χ0n) is 18.0. The van der Waals surface area contributed by atoms with Gasteiger partial charge in [0, 0.05) is 12.4 Å². The van der Waals surface area contributed by atoms with Crippen LogP contribution in [0.2, 0.25) is 0 Å². The van der Waals surface area contributed by atoms with Gasteiger partial charge in [-0.15, -0.1) is 0 Å². The average Bonchev–Trinajstić information content (AvgIpc) is 2.52. The van der Waals surface area contributed by atoms with Crippen LogP contribution < -0.4 is 16.4 Å². The first-order chi connectivity index (χ1) is 12.7. The number of rotatable bonds is 3. The van der Waals surface area contributed by atoms with Crippen LogP contribution in [0.25, 0.3) is 0 Å². The van der Waals surface area contributed by atoms with Gasteiger partial charge in [0.25, 0.3) is 0 Å². The van der Waals surface area contributed by atoms with Gasteiger partial charge >= 0.3 is 0 Å². The highest BCUT2D eigenvalue weighted by Gasteiger charge is 2.30. The lowest BCUT2D eigenvalue weighted by Crippen LogP contribution is -2.57. The van der Waals surface area contributed by atoms with Gasteiger partial charge in [0.05, 0.1) is 0 Å². The summed E-state index contributed by atoms with van der Waals surface area (Å²) in [6, 6.07) is 9.28. The Morgan fingerprint density at radius 1 is 0.481 bits per heavy atom. The summed E-state index contributed by atoms with van der Waals surface area (Å²) >= 11 is 0. The summed E-state index contributed by atoms with van der Waals surface area (Å²) in [7, 11) is 0. The molecule has 1 nitrogen and oxygen atoms in total. The lowest BCUT2D eigenvalue weighted by Gasteiger charge is -2.26. The van der Waals surface area contributed by atoms with Crippen molar-refractivity contribution in [2.24, 2.45) is 0 Å². The average molecular weight is 355 g/mol. The summed E-state index contributed by atoms with van der Waals surface area (Å²) in [5, 5.41) is 0. The number of aromatic nitrogens is 1. The van der Waals surface area contributed by atoms with E-state index in [-0.39, 0.29) is 6.71 Å². The van der Waals surface area contributed by atoms with Crippen molar-refractivity contribution in [3.63, 3.8) is 0 Å². The molecule has 0 aliphatic carbocycles. The van der Waals surface area contributed by atoms with E-state index in [2.05, 4.69) is 84.6 Å². The van der Waals surface area contributed by atoms with Crippen LogP contribution in [0, 0.1) is 55.4 Å². The van der Waals surface area contributed by atoms with E-state index in [1.165, 1.54) is 60.9 Å². The minimum Gasteiger partial charge on any atom is -0.264 e. The van der Waals surface area contributed by atoms with Crippen molar-refractivity contribution in [1.82, 2.24) is 4.98 Å². The van der Waals surface area contributed by atoms with Crippen LogP contribution in [-0.2, 0) is 0 Å². The van der Waals surface area contributed by atoms with E-state index in [0.29, 0.717) is 0 Å². The maximum atomic E-state index is 4.43. The van der Waals surface area contributed by atoms with Crippen molar-refractivity contribution >= 4 is 23.1 Å². The van der Waals surface area contributed by atoms with Crippen LogP contribution in [0.3, 0.4) is 0 Å². The van der Waals surface area contributed by atoms with Gasteiger partial charge in [0.2, 0.25) is 6.71 Å². The minimum atomic E-state index is 0.231. The highest BCUT2D eigenvalue weighted by molar-refractivity contribution is 6.97. The Morgan fingerprint density at radius 3 is 1.11 bits per heavy atom. The Bertz CT molecular complexity index is 893. The van der Waals surface area contributed by atoms with Crippen molar-refractivity contribution in [3.05, 3.63) is 81.2 Å². The van der Waals surface area contributed by atoms with Gasteiger partial charge in [0.1, 0.15) is 0 Å². The molecular weight excluding hydrogens is 325 g/mol. The van der Waals surface area contributed by atoms with E-state index in [9.17, 15) is 0 Å². The maximum absolute atomic E-state index is 4.43. The summed E-state index contributed by atoms with van der Waals surface area (Å²) in [4.78, 5) is 4.43. The Morgan fingerprint density at radius 2 is 0.778 bits per heavy atom. The Labute approximate surface area is 165 Å². The normalized spacial score (nSPS) is 11.0. The van der Waals surface area contributed by atoms with Gasteiger partial charge < -0.3 is 0 Å². The summed E-state index contributed by atoms with van der Waals surface area (Å²) in [6.45, 7) is 18.0. The van der Waals surface area contributed by atoms with E-state index < -0.39 is 0 Å². The smallest absolute Gasteiger partial charge is 0.243 e. The van der Waals surface area contributed by atoms with Gasteiger partial charge in [-0.3, -0.25) is 4.98 Å². The number of hydrogen-bond acceptors (Lipinski definition) is 1. The molecule has 3 rings (SSSR count). The second-order valence-electron chi connectivity index (χ2n) is 8.24. The van der Waals surface area contributed by atoms with Crippen LogP contribution in [-0.4, -0.2) is 11.7 Å². The molecule has 0 radical (unpaired) electrons. The molecule has 0 spiro atoms. The molecule has 138 valence electrons. The highest BCUT2D eigenvalue weighted by Crippen LogP contribution is 2.14. The third-order valence-electron chi connectivity index (χ3n) is 5.73. The number of nitrogens with zero attached hydrogens (tertiary/aromatic N) is 1. The second-order valence-corrected chi connectivity index (χ2v) is 8.24. The fraction of sp³-hybridized carbons (Fsp3) is 0.320. The molecule has 0 saturated heterocycles. The molecular formula is C25H30BN. The lowest BCUT2D eigenvalue weighted by atomic mass is 9.33. The molecule has 0 bridgehead atoms. The van der Waals surface area contributed by atoms with E-state index >= 15 is 0 Å². The fourth-order valence-corrected chi connectivity index (χ4v) is 4.89. The minimum absolute atomic E-state index is 0.231. The molecule has 0 aliphatic rings. The zero-order valence-corrected chi connectivity index (χ0v) is 18.0. The van der Waals surface area contributed by atoms with E-state index in [4.69, 9.17) is 0 Å². The second kappa shape index (κ2) is 7.35. The molecule has 1 aromatic heterocycles. The molecule has 0 saturated carbocycles. The van der Waals surface area contributed by atoms with Crippen LogP contribution in [0.1, 0.15) is 44.5 Å². The van der Waals surface area contributed by atoms with Gasteiger partial charge in [-0.2, -0.15) is 0 Å². The molecule has 1 heterocycles. The third kappa shape index (κ3) is 3.58. The fourth-order valence-electron chi connectivity index (χ4n) is 4.89. The van der Waals surface area contributed by atoms with E-state index in [1.54, 1.807) is 0 Å². The molecule has 27 heavy (non-hydrogen) atoms. The lowest BCUT2D eigenvalue weighted by molar-refractivity contribution is 1.24. The van der Waals surface area contributed by atoms with Crippen molar-refractivity contribution in [3.8, 4) is 0 Å². The van der Waals surface area contributed by atoms with Crippen LogP contribution in [0.4, 0.5) is 0 Å². The Balaban J connectivity index is 2.44. The van der Waals surface area contributed by atoms with Gasteiger partial charge in [-0.25, -0.2) is 0 Å². The molecule has 0 N–H and O–H groups in total. The zero-order chi connectivity index (χ0) is 19.9. The van der Waals surface area contributed by atoms with Gasteiger partial charge in [-0.05, 0) is 66.5 Å². The van der Waals surface area contributed by atoms with Crippen molar-refractivity contribution in [2.75, 3.05) is 0 Å². The van der Waals surface area contributed by atoms with Crippen LogP contribution in [0.5, 0.6) is 0 Å². The summed E-state index contributed by atoms with van der Waals surface area (Å²) in [5.74, 6) is 0. The first kappa shape index (κ1) is 19.4. The van der Waals surface area contributed by atoms with E-state index in [0.717, 1.165) is 0 Å². The first-order valence-electron chi connectivity index (χ1n) is 9.77. The summed E-state index contributed by atoms with van der Waals surface area (Å²) in [5.41, 5.74) is 14.9. The Kier molecular flexibility index (Phi) is 5.28.